The first kappa shape index (κ1) is 10.8. The molecule has 0 radical (unpaired) electrons. The van der Waals surface area contributed by atoms with Crippen molar-refractivity contribution in [3.63, 3.8) is 0 Å². The zero-order valence-electron chi connectivity index (χ0n) is 10.1. The van der Waals surface area contributed by atoms with E-state index in [-0.39, 0.29) is 0 Å². The lowest BCUT2D eigenvalue weighted by molar-refractivity contribution is 0.158. The number of aliphatic hydroxyl groups excluding tert-OH is 1. The highest BCUT2D eigenvalue weighted by Gasteiger charge is 2.24. The zero-order chi connectivity index (χ0) is 11.8. The first-order valence-corrected chi connectivity index (χ1v) is 6.35. The fraction of sp³-hybridized carbons (Fsp3) is 0.500. The molecular weight excluding hydrogens is 212 g/mol. The third-order valence-corrected chi connectivity index (χ3v) is 3.65. The Labute approximate surface area is 101 Å². The highest BCUT2D eigenvalue weighted by Crippen LogP contribution is 2.36. The molecule has 2 aromatic rings. The molecule has 1 fully saturated rings. The molecule has 1 aliphatic carbocycles. The van der Waals surface area contributed by atoms with E-state index in [9.17, 15) is 5.11 Å². The van der Waals surface area contributed by atoms with Crippen molar-refractivity contribution in [1.82, 2.24) is 9.78 Å². The predicted octanol–water partition coefficient (Wildman–Crippen LogP) is 2.80. The summed E-state index contributed by atoms with van der Waals surface area (Å²) in [5.41, 5.74) is 1.93. The number of hydrogen-bond acceptors (Lipinski definition) is 2. The van der Waals surface area contributed by atoms with Crippen molar-refractivity contribution in [3.05, 3.63) is 30.0 Å². The Kier molecular flexibility index (Phi) is 2.63. The Hall–Kier alpha value is -1.35. The van der Waals surface area contributed by atoms with Crippen LogP contribution in [0.3, 0.4) is 0 Å². The maximum atomic E-state index is 10.2. The molecule has 1 saturated carbocycles. The van der Waals surface area contributed by atoms with Gasteiger partial charge in [0, 0.05) is 12.4 Å². The van der Waals surface area contributed by atoms with Gasteiger partial charge in [0.05, 0.1) is 17.3 Å². The van der Waals surface area contributed by atoms with Gasteiger partial charge >= 0.3 is 0 Å². The van der Waals surface area contributed by atoms with E-state index in [4.69, 9.17) is 0 Å². The summed E-state index contributed by atoms with van der Waals surface area (Å²) in [5, 5.41) is 15.8. The fourth-order valence-electron chi connectivity index (χ4n) is 2.42. The summed E-state index contributed by atoms with van der Waals surface area (Å²) < 4.78 is 1.85. The minimum atomic E-state index is -0.415. The molecule has 0 spiro atoms. The highest BCUT2D eigenvalue weighted by atomic mass is 16.3. The number of nitrogens with zero attached hydrogens (tertiary/aromatic N) is 2. The van der Waals surface area contributed by atoms with Crippen LogP contribution < -0.4 is 0 Å². The van der Waals surface area contributed by atoms with Crippen molar-refractivity contribution in [2.24, 2.45) is 13.0 Å². The van der Waals surface area contributed by atoms with Gasteiger partial charge < -0.3 is 5.11 Å². The van der Waals surface area contributed by atoms with E-state index < -0.39 is 6.10 Å². The summed E-state index contributed by atoms with van der Waals surface area (Å²) in [6, 6.07) is 8.09. The molecule has 1 unspecified atom stereocenters. The molecule has 17 heavy (non-hydrogen) atoms. The maximum absolute atomic E-state index is 10.2. The largest absolute Gasteiger partial charge is 0.387 e. The van der Waals surface area contributed by atoms with Gasteiger partial charge in [0.1, 0.15) is 0 Å². The molecule has 0 saturated heterocycles. The van der Waals surface area contributed by atoms with Crippen molar-refractivity contribution in [3.8, 4) is 0 Å². The number of aromatic nitrogens is 2. The standard InChI is InChI=1S/C14H18N2O/c1-16-12-5-3-2-4-11(12)14(15-16)13(17)9-8-10-6-7-10/h2-5,10,13,17H,6-9H2,1H3. The molecular formula is C14H18N2O. The van der Waals surface area contributed by atoms with Gasteiger partial charge in [0.25, 0.3) is 0 Å². The number of aliphatic hydroxyl groups is 1. The average Bonchev–Trinajstić information content (AvgIpc) is 3.11. The van der Waals surface area contributed by atoms with Crippen LogP contribution in [-0.2, 0) is 7.05 Å². The van der Waals surface area contributed by atoms with Gasteiger partial charge in [-0.2, -0.15) is 5.10 Å². The van der Waals surface area contributed by atoms with Crippen LogP contribution in [0.4, 0.5) is 0 Å². The molecule has 0 bridgehead atoms. The summed E-state index contributed by atoms with van der Waals surface area (Å²) in [6.07, 6.45) is 4.24. The molecule has 1 aliphatic rings. The van der Waals surface area contributed by atoms with E-state index >= 15 is 0 Å². The summed E-state index contributed by atoms with van der Waals surface area (Å²) in [5.74, 6) is 0.861. The van der Waals surface area contributed by atoms with Gasteiger partial charge in [-0.05, 0) is 24.8 Å². The predicted molar refractivity (Wildman–Crippen MR) is 67.6 cm³/mol. The normalized spacial score (nSPS) is 17.5. The second-order valence-electron chi connectivity index (χ2n) is 5.06. The number of aryl methyl sites for hydroxylation is 1. The molecule has 0 amide bonds. The number of fused-ring (bicyclic) bond motifs is 1. The number of benzene rings is 1. The second kappa shape index (κ2) is 4.15. The van der Waals surface area contributed by atoms with Crippen molar-refractivity contribution in [1.29, 1.82) is 0 Å². The van der Waals surface area contributed by atoms with Crippen LogP contribution >= 0.6 is 0 Å². The molecule has 1 atom stereocenters. The van der Waals surface area contributed by atoms with Gasteiger partial charge in [0.15, 0.2) is 0 Å². The molecule has 3 heteroatoms. The van der Waals surface area contributed by atoms with Crippen LogP contribution in [-0.4, -0.2) is 14.9 Å². The maximum Gasteiger partial charge on any atom is 0.0988 e. The van der Waals surface area contributed by atoms with Gasteiger partial charge in [0.2, 0.25) is 0 Å². The first-order chi connectivity index (χ1) is 8.25. The van der Waals surface area contributed by atoms with E-state index in [0.29, 0.717) is 0 Å². The summed E-state index contributed by atoms with van der Waals surface area (Å²) in [7, 11) is 1.93. The van der Waals surface area contributed by atoms with Crippen molar-refractivity contribution in [2.45, 2.75) is 31.8 Å². The van der Waals surface area contributed by atoms with Gasteiger partial charge in [-0.25, -0.2) is 0 Å². The third-order valence-electron chi connectivity index (χ3n) is 3.65. The van der Waals surface area contributed by atoms with E-state index in [1.807, 2.05) is 36.0 Å². The van der Waals surface area contributed by atoms with E-state index in [1.54, 1.807) is 0 Å². The minimum absolute atomic E-state index is 0.415. The minimum Gasteiger partial charge on any atom is -0.387 e. The Morgan fingerprint density at radius 2 is 2.18 bits per heavy atom. The summed E-state index contributed by atoms with van der Waals surface area (Å²) in [6.45, 7) is 0. The molecule has 1 heterocycles. The van der Waals surface area contributed by atoms with Crippen LogP contribution in [0.1, 0.15) is 37.5 Å². The van der Waals surface area contributed by atoms with E-state index in [1.165, 1.54) is 12.8 Å². The Balaban J connectivity index is 1.87. The number of para-hydroxylation sites is 1. The van der Waals surface area contributed by atoms with E-state index in [2.05, 4.69) is 5.10 Å². The highest BCUT2D eigenvalue weighted by molar-refractivity contribution is 5.82. The molecule has 3 nitrogen and oxygen atoms in total. The van der Waals surface area contributed by atoms with Crippen LogP contribution in [0, 0.1) is 5.92 Å². The van der Waals surface area contributed by atoms with Crippen molar-refractivity contribution < 1.29 is 5.11 Å². The van der Waals surface area contributed by atoms with E-state index in [0.717, 1.165) is 35.4 Å². The monoisotopic (exact) mass is 230 g/mol. The third kappa shape index (κ3) is 2.07. The molecule has 1 N–H and O–H groups in total. The van der Waals surface area contributed by atoms with Crippen LogP contribution in [0.2, 0.25) is 0 Å². The lowest BCUT2D eigenvalue weighted by Crippen LogP contribution is -2.00. The van der Waals surface area contributed by atoms with Gasteiger partial charge in [-0.3, -0.25) is 4.68 Å². The van der Waals surface area contributed by atoms with Crippen LogP contribution in [0.25, 0.3) is 10.9 Å². The lowest BCUT2D eigenvalue weighted by atomic mass is 10.1. The van der Waals surface area contributed by atoms with Crippen molar-refractivity contribution in [2.75, 3.05) is 0 Å². The lowest BCUT2D eigenvalue weighted by Gasteiger charge is -2.07. The van der Waals surface area contributed by atoms with Crippen LogP contribution in [0.5, 0.6) is 0 Å². The topological polar surface area (TPSA) is 38.0 Å². The molecule has 3 rings (SSSR count). The molecule has 90 valence electrons. The Morgan fingerprint density at radius 3 is 2.94 bits per heavy atom. The smallest absolute Gasteiger partial charge is 0.0988 e. The second-order valence-corrected chi connectivity index (χ2v) is 5.06. The molecule has 1 aromatic carbocycles. The quantitative estimate of drug-likeness (QED) is 0.877. The first-order valence-electron chi connectivity index (χ1n) is 6.35. The van der Waals surface area contributed by atoms with Gasteiger partial charge in [-0.15, -0.1) is 0 Å². The Morgan fingerprint density at radius 1 is 1.41 bits per heavy atom. The Bertz CT molecular complexity index is 528. The van der Waals surface area contributed by atoms with Crippen molar-refractivity contribution >= 4 is 10.9 Å². The van der Waals surface area contributed by atoms with Crippen LogP contribution in [0.15, 0.2) is 24.3 Å². The SMILES string of the molecule is Cn1nc(C(O)CCC2CC2)c2ccccc21. The average molecular weight is 230 g/mol. The summed E-state index contributed by atoms with van der Waals surface area (Å²) >= 11 is 0. The zero-order valence-corrected chi connectivity index (χ0v) is 10.1. The number of hydrogen-bond donors (Lipinski definition) is 1. The molecule has 0 aliphatic heterocycles. The number of rotatable bonds is 4. The summed E-state index contributed by atoms with van der Waals surface area (Å²) in [4.78, 5) is 0. The fourth-order valence-corrected chi connectivity index (χ4v) is 2.42. The van der Waals surface area contributed by atoms with Gasteiger partial charge in [-0.1, -0.05) is 31.0 Å². The molecule has 1 aromatic heterocycles.